The number of benzene rings is 1. The Bertz CT molecular complexity index is 413. The smallest absolute Gasteiger partial charge is 0.233 e. The SMILES string of the molecule is COCCN1C(=O)CSC1c1cccc(Br)c1. The van der Waals surface area contributed by atoms with Crippen molar-refractivity contribution in [3.8, 4) is 0 Å². The lowest BCUT2D eigenvalue weighted by molar-refractivity contribution is -0.128. The topological polar surface area (TPSA) is 29.5 Å². The van der Waals surface area contributed by atoms with Crippen LogP contribution in [0, 0.1) is 0 Å². The second-order valence-corrected chi connectivity index (χ2v) is 5.78. The molecule has 5 heteroatoms. The van der Waals surface area contributed by atoms with Gasteiger partial charge in [-0.15, -0.1) is 11.8 Å². The summed E-state index contributed by atoms with van der Waals surface area (Å²) < 4.78 is 6.09. The summed E-state index contributed by atoms with van der Waals surface area (Å²) >= 11 is 5.13. The van der Waals surface area contributed by atoms with Gasteiger partial charge in [-0.05, 0) is 17.7 Å². The van der Waals surface area contributed by atoms with E-state index >= 15 is 0 Å². The highest BCUT2D eigenvalue weighted by atomic mass is 79.9. The van der Waals surface area contributed by atoms with Gasteiger partial charge >= 0.3 is 0 Å². The van der Waals surface area contributed by atoms with E-state index in [1.807, 2.05) is 17.0 Å². The van der Waals surface area contributed by atoms with E-state index in [9.17, 15) is 4.79 Å². The molecule has 1 heterocycles. The minimum absolute atomic E-state index is 0.121. The lowest BCUT2D eigenvalue weighted by Crippen LogP contribution is -2.31. The minimum atomic E-state index is 0.121. The highest BCUT2D eigenvalue weighted by Gasteiger charge is 2.32. The van der Waals surface area contributed by atoms with Crippen molar-refractivity contribution in [2.24, 2.45) is 0 Å². The van der Waals surface area contributed by atoms with Gasteiger partial charge in [-0.1, -0.05) is 28.1 Å². The molecule has 1 saturated heterocycles. The number of hydrogen-bond donors (Lipinski definition) is 0. The van der Waals surface area contributed by atoms with E-state index in [2.05, 4.69) is 28.1 Å². The van der Waals surface area contributed by atoms with Crippen LogP contribution in [0.15, 0.2) is 28.7 Å². The van der Waals surface area contributed by atoms with Crippen LogP contribution in [0.4, 0.5) is 0 Å². The van der Waals surface area contributed by atoms with E-state index < -0.39 is 0 Å². The fourth-order valence-corrected chi connectivity index (χ4v) is 3.45. The Kier molecular flexibility index (Phi) is 4.48. The van der Waals surface area contributed by atoms with Gasteiger partial charge < -0.3 is 9.64 Å². The second-order valence-electron chi connectivity index (χ2n) is 3.80. The van der Waals surface area contributed by atoms with E-state index in [1.165, 1.54) is 0 Å². The number of thioether (sulfide) groups is 1. The Morgan fingerprint density at radius 2 is 2.41 bits per heavy atom. The lowest BCUT2D eigenvalue weighted by atomic mass is 10.2. The third-order valence-electron chi connectivity index (χ3n) is 2.64. The van der Waals surface area contributed by atoms with Crippen LogP contribution in [-0.2, 0) is 9.53 Å². The van der Waals surface area contributed by atoms with Crippen LogP contribution in [0.2, 0.25) is 0 Å². The molecule has 1 aromatic carbocycles. The molecule has 0 spiro atoms. The van der Waals surface area contributed by atoms with Crippen molar-refractivity contribution in [2.45, 2.75) is 5.37 Å². The van der Waals surface area contributed by atoms with Crippen molar-refractivity contribution >= 4 is 33.6 Å². The molecule has 17 heavy (non-hydrogen) atoms. The molecule has 0 aliphatic carbocycles. The molecule has 2 rings (SSSR count). The predicted molar refractivity (Wildman–Crippen MR) is 72.9 cm³/mol. The first kappa shape index (κ1) is 12.9. The first-order valence-electron chi connectivity index (χ1n) is 5.38. The summed E-state index contributed by atoms with van der Waals surface area (Å²) in [6, 6.07) is 8.11. The summed E-state index contributed by atoms with van der Waals surface area (Å²) in [5, 5.41) is 0.121. The second kappa shape index (κ2) is 5.89. The number of rotatable bonds is 4. The molecule has 0 radical (unpaired) electrons. The molecule has 1 aliphatic heterocycles. The fourth-order valence-electron chi connectivity index (χ4n) is 1.82. The van der Waals surface area contributed by atoms with Crippen LogP contribution in [0.5, 0.6) is 0 Å². The minimum Gasteiger partial charge on any atom is -0.383 e. The monoisotopic (exact) mass is 315 g/mol. The van der Waals surface area contributed by atoms with Crippen molar-refractivity contribution < 1.29 is 9.53 Å². The molecule has 0 aromatic heterocycles. The molecule has 1 fully saturated rings. The standard InChI is InChI=1S/C12H14BrNO2S/c1-16-6-5-14-11(15)8-17-12(14)9-3-2-4-10(13)7-9/h2-4,7,12H,5-6,8H2,1H3. The number of hydrogen-bond acceptors (Lipinski definition) is 3. The molecular formula is C12H14BrNO2S. The number of carbonyl (C=O) groups is 1. The van der Waals surface area contributed by atoms with Crippen LogP contribution < -0.4 is 0 Å². The zero-order valence-corrected chi connectivity index (χ0v) is 12.0. The van der Waals surface area contributed by atoms with E-state index in [0.717, 1.165) is 10.0 Å². The van der Waals surface area contributed by atoms with Crippen molar-refractivity contribution in [3.63, 3.8) is 0 Å². The zero-order valence-electron chi connectivity index (χ0n) is 9.56. The Hall–Kier alpha value is -0.520. The fraction of sp³-hybridized carbons (Fsp3) is 0.417. The maximum atomic E-state index is 11.8. The molecule has 3 nitrogen and oxygen atoms in total. The van der Waals surface area contributed by atoms with Crippen molar-refractivity contribution in [1.29, 1.82) is 0 Å². The van der Waals surface area contributed by atoms with Gasteiger partial charge in [0.1, 0.15) is 5.37 Å². The summed E-state index contributed by atoms with van der Waals surface area (Å²) in [6.07, 6.45) is 0. The summed E-state index contributed by atoms with van der Waals surface area (Å²) in [6.45, 7) is 1.23. The van der Waals surface area contributed by atoms with E-state index in [1.54, 1.807) is 18.9 Å². The molecule has 1 atom stereocenters. The molecule has 1 aliphatic rings. The van der Waals surface area contributed by atoms with Crippen LogP contribution in [0.25, 0.3) is 0 Å². The number of halogens is 1. The van der Waals surface area contributed by atoms with Crippen LogP contribution >= 0.6 is 27.7 Å². The Balaban J connectivity index is 2.16. The maximum absolute atomic E-state index is 11.8. The van der Waals surface area contributed by atoms with Crippen molar-refractivity contribution in [1.82, 2.24) is 4.90 Å². The van der Waals surface area contributed by atoms with Crippen LogP contribution in [0.3, 0.4) is 0 Å². The number of nitrogens with zero attached hydrogens (tertiary/aromatic N) is 1. The molecule has 1 unspecified atom stereocenters. The van der Waals surface area contributed by atoms with Gasteiger partial charge in [0, 0.05) is 18.1 Å². The molecule has 0 N–H and O–H groups in total. The number of ether oxygens (including phenoxy) is 1. The van der Waals surface area contributed by atoms with Gasteiger partial charge in [0.25, 0.3) is 0 Å². The van der Waals surface area contributed by atoms with Gasteiger partial charge in [-0.3, -0.25) is 4.79 Å². The molecular weight excluding hydrogens is 302 g/mol. The number of amides is 1. The maximum Gasteiger partial charge on any atom is 0.233 e. The zero-order chi connectivity index (χ0) is 12.3. The highest BCUT2D eigenvalue weighted by molar-refractivity contribution is 9.10. The molecule has 0 bridgehead atoms. The van der Waals surface area contributed by atoms with Crippen molar-refractivity contribution in [3.05, 3.63) is 34.3 Å². The molecule has 0 saturated carbocycles. The molecule has 92 valence electrons. The number of methoxy groups -OCH3 is 1. The van der Waals surface area contributed by atoms with Gasteiger partial charge in [-0.2, -0.15) is 0 Å². The third-order valence-corrected chi connectivity index (χ3v) is 4.39. The highest BCUT2D eigenvalue weighted by Crippen LogP contribution is 2.38. The first-order chi connectivity index (χ1) is 8.22. The van der Waals surface area contributed by atoms with Gasteiger partial charge in [0.15, 0.2) is 0 Å². The number of carbonyl (C=O) groups excluding carboxylic acids is 1. The first-order valence-corrected chi connectivity index (χ1v) is 7.22. The molecule has 1 amide bonds. The Labute approximate surface area is 114 Å². The van der Waals surface area contributed by atoms with Crippen LogP contribution in [0.1, 0.15) is 10.9 Å². The van der Waals surface area contributed by atoms with Gasteiger partial charge in [-0.25, -0.2) is 0 Å². The Morgan fingerprint density at radius 3 is 3.12 bits per heavy atom. The predicted octanol–water partition coefficient (Wildman–Crippen LogP) is 2.67. The quantitative estimate of drug-likeness (QED) is 0.855. The van der Waals surface area contributed by atoms with Crippen molar-refractivity contribution in [2.75, 3.05) is 26.0 Å². The average Bonchev–Trinajstić information content (AvgIpc) is 2.68. The summed E-state index contributed by atoms with van der Waals surface area (Å²) in [7, 11) is 1.65. The largest absolute Gasteiger partial charge is 0.383 e. The van der Waals surface area contributed by atoms with Gasteiger partial charge in [0.2, 0.25) is 5.91 Å². The van der Waals surface area contributed by atoms with E-state index in [4.69, 9.17) is 4.74 Å². The van der Waals surface area contributed by atoms with E-state index in [-0.39, 0.29) is 11.3 Å². The third kappa shape index (κ3) is 3.03. The summed E-state index contributed by atoms with van der Waals surface area (Å²) in [5.74, 6) is 0.748. The Morgan fingerprint density at radius 1 is 1.59 bits per heavy atom. The van der Waals surface area contributed by atoms with Gasteiger partial charge in [0.05, 0.1) is 12.4 Å². The van der Waals surface area contributed by atoms with E-state index in [0.29, 0.717) is 18.9 Å². The van der Waals surface area contributed by atoms with Crippen LogP contribution in [-0.4, -0.2) is 36.8 Å². The summed E-state index contributed by atoms with van der Waals surface area (Å²) in [4.78, 5) is 13.7. The molecule has 1 aromatic rings. The lowest BCUT2D eigenvalue weighted by Gasteiger charge is -2.23. The normalized spacial score (nSPS) is 20.0. The average molecular weight is 316 g/mol. The summed E-state index contributed by atoms with van der Waals surface area (Å²) in [5.41, 5.74) is 1.16.